The largest absolute Gasteiger partial charge is 0.481 e. The van der Waals surface area contributed by atoms with E-state index in [1.165, 1.54) is 6.92 Å². The summed E-state index contributed by atoms with van der Waals surface area (Å²) >= 11 is 0. The van der Waals surface area contributed by atoms with Crippen molar-refractivity contribution in [3.8, 4) is 0 Å². The minimum absolute atomic E-state index is 0.183. The molecule has 154 valence electrons. The van der Waals surface area contributed by atoms with Gasteiger partial charge in [0.15, 0.2) is 0 Å². The number of carboxylic acids is 2. The Morgan fingerprint density at radius 3 is 1.78 bits per heavy atom. The number of aliphatic hydroxyl groups excluding tert-OH is 1. The second kappa shape index (κ2) is 11.1. The predicted octanol–water partition coefficient (Wildman–Crippen LogP) is -3.00. The van der Waals surface area contributed by atoms with Crippen LogP contribution in [0.3, 0.4) is 0 Å². The highest BCUT2D eigenvalue weighted by Crippen LogP contribution is 2.00. The Kier molecular flexibility index (Phi) is 9.96. The molecule has 0 rings (SSSR count). The van der Waals surface area contributed by atoms with Crippen molar-refractivity contribution in [3.05, 3.63) is 0 Å². The van der Waals surface area contributed by atoms with Gasteiger partial charge in [0.1, 0.15) is 18.1 Å². The molecule has 0 fully saturated rings. The summed E-state index contributed by atoms with van der Waals surface area (Å²) in [6.45, 7) is 3.81. The van der Waals surface area contributed by atoms with Gasteiger partial charge >= 0.3 is 11.9 Å². The van der Waals surface area contributed by atoms with Gasteiger partial charge in [-0.15, -0.1) is 0 Å². The van der Waals surface area contributed by atoms with E-state index in [1.807, 2.05) is 5.32 Å². The topological polar surface area (TPSA) is 208 Å². The number of nitrogens with one attached hydrogen (secondary N) is 3. The molecular formula is C15H26N4O8. The summed E-state index contributed by atoms with van der Waals surface area (Å²) in [5.41, 5.74) is 5.66. The highest BCUT2D eigenvalue weighted by molar-refractivity contribution is 5.95. The number of hydrogen-bond donors (Lipinski definition) is 7. The van der Waals surface area contributed by atoms with Crippen molar-refractivity contribution in [2.24, 2.45) is 11.7 Å². The fraction of sp³-hybridized carbons (Fsp3) is 0.667. The number of aliphatic carboxylic acids is 2. The average Bonchev–Trinajstić information content (AvgIpc) is 2.56. The maximum atomic E-state index is 12.2. The first kappa shape index (κ1) is 24.3. The van der Waals surface area contributed by atoms with Crippen molar-refractivity contribution in [2.45, 2.75) is 51.4 Å². The summed E-state index contributed by atoms with van der Waals surface area (Å²) < 4.78 is 0. The molecule has 4 atom stereocenters. The third-order valence-corrected chi connectivity index (χ3v) is 3.58. The number of amides is 3. The highest BCUT2D eigenvalue weighted by atomic mass is 16.4. The van der Waals surface area contributed by atoms with Crippen LogP contribution in [0.15, 0.2) is 0 Å². The van der Waals surface area contributed by atoms with Crippen molar-refractivity contribution in [3.63, 3.8) is 0 Å². The van der Waals surface area contributed by atoms with Crippen molar-refractivity contribution in [1.29, 1.82) is 0 Å². The Labute approximate surface area is 155 Å². The Balaban J connectivity index is 5.04. The van der Waals surface area contributed by atoms with E-state index >= 15 is 0 Å². The van der Waals surface area contributed by atoms with Gasteiger partial charge in [-0.1, -0.05) is 13.8 Å². The molecule has 12 nitrogen and oxygen atoms in total. The van der Waals surface area contributed by atoms with Gasteiger partial charge in [0.2, 0.25) is 17.7 Å². The Hall–Kier alpha value is -2.73. The maximum Gasteiger partial charge on any atom is 0.328 e. The molecule has 0 saturated heterocycles. The van der Waals surface area contributed by atoms with Gasteiger partial charge in [0.25, 0.3) is 0 Å². The third kappa shape index (κ3) is 8.46. The number of carboxylic acid groups (broad SMARTS) is 2. The van der Waals surface area contributed by atoms with Crippen molar-refractivity contribution >= 4 is 29.7 Å². The van der Waals surface area contributed by atoms with Crippen LogP contribution >= 0.6 is 0 Å². The summed E-state index contributed by atoms with van der Waals surface area (Å²) in [6, 6.07) is -5.26. The molecule has 0 aliphatic heterocycles. The molecule has 0 aliphatic carbocycles. The normalized spacial score (nSPS) is 15.2. The second-order valence-electron chi connectivity index (χ2n) is 6.24. The van der Waals surface area contributed by atoms with Crippen LogP contribution in [0.25, 0.3) is 0 Å². The van der Waals surface area contributed by atoms with Gasteiger partial charge in [-0.2, -0.15) is 0 Å². The molecule has 0 saturated carbocycles. The number of carbonyl (C=O) groups is 5. The summed E-state index contributed by atoms with van der Waals surface area (Å²) in [6.07, 6.45) is -0.832. The van der Waals surface area contributed by atoms with Crippen LogP contribution in [-0.4, -0.2) is 75.8 Å². The first-order chi connectivity index (χ1) is 12.4. The summed E-state index contributed by atoms with van der Waals surface area (Å²) in [4.78, 5) is 57.8. The molecule has 0 aromatic rings. The number of rotatable bonds is 11. The van der Waals surface area contributed by atoms with Crippen LogP contribution in [0, 0.1) is 5.92 Å². The Morgan fingerprint density at radius 1 is 0.852 bits per heavy atom. The van der Waals surface area contributed by atoms with Crippen LogP contribution in [0.1, 0.15) is 27.2 Å². The van der Waals surface area contributed by atoms with Crippen molar-refractivity contribution < 1.29 is 39.3 Å². The molecule has 0 radical (unpaired) electrons. The molecule has 0 bridgehead atoms. The minimum atomic E-state index is -1.66. The SMILES string of the molecule is CC(NC(=O)C(N)C(C)C)C(=O)NC(CC(=O)O)C(=O)NC(CO)C(=O)O. The maximum absolute atomic E-state index is 12.2. The summed E-state index contributed by atoms with van der Waals surface area (Å²) in [7, 11) is 0. The second-order valence-corrected chi connectivity index (χ2v) is 6.24. The van der Waals surface area contributed by atoms with Gasteiger partial charge in [-0.05, 0) is 12.8 Å². The van der Waals surface area contributed by atoms with E-state index in [-0.39, 0.29) is 5.92 Å². The molecule has 0 spiro atoms. The van der Waals surface area contributed by atoms with Crippen molar-refractivity contribution in [2.75, 3.05) is 6.61 Å². The zero-order valence-electron chi connectivity index (χ0n) is 15.3. The van der Waals surface area contributed by atoms with E-state index in [9.17, 15) is 24.0 Å². The first-order valence-electron chi connectivity index (χ1n) is 8.12. The zero-order chi connectivity index (χ0) is 21.3. The molecule has 8 N–H and O–H groups in total. The number of aliphatic hydroxyl groups is 1. The molecule has 27 heavy (non-hydrogen) atoms. The van der Waals surface area contributed by atoms with Gasteiger partial charge < -0.3 is 37.0 Å². The van der Waals surface area contributed by atoms with Crippen LogP contribution in [0.2, 0.25) is 0 Å². The zero-order valence-corrected chi connectivity index (χ0v) is 15.3. The van der Waals surface area contributed by atoms with Gasteiger partial charge in [-0.25, -0.2) is 4.79 Å². The first-order valence-corrected chi connectivity index (χ1v) is 8.12. The molecule has 3 amide bonds. The molecule has 0 aromatic carbocycles. The Bertz CT molecular complexity index is 580. The van der Waals surface area contributed by atoms with Gasteiger partial charge in [0, 0.05) is 0 Å². The smallest absolute Gasteiger partial charge is 0.328 e. The molecule has 4 unspecified atom stereocenters. The molecular weight excluding hydrogens is 364 g/mol. The lowest BCUT2D eigenvalue weighted by atomic mass is 10.0. The lowest BCUT2D eigenvalue weighted by Gasteiger charge is -2.23. The third-order valence-electron chi connectivity index (χ3n) is 3.58. The minimum Gasteiger partial charge on any atom is -0.481 e. The van der Waals surface area contributed by atoms with E-state index < -0.39 is 66.9 Å². The van der Waals surface area contributed by atoms with Crippen molar-refractivity contribution in [1.82, 2.24) is 16.0 Å². The lowest BCUT2D eigenvalue weighted by Crippen LogP contribution is -2.57. The number of nitrogens with two attached hydrogens (primary N) is 1. The van der Waals surface area contributed by atoms with E-state index in [1.54, 1.807) is 13.8 Å². The van der Waals surface area contributed by atoms with Crippen LogP contribution in [0.4, 0.5) is 0 Å². The fourth-order valence-corrected chi connectivity index (χ4v) is 1.82. The molecule has 0 aliphatic rings. The van der Waals surface area contributed by atoms with E-state index in [0.717, 1.165) is 0 Å². The standard InChI is InChI=1S/C15H26N4O8/c1-6(2)11(16)14(25)17-7(3)12(23)18-8(4-10(21)22)13(24)19-9(5-20)15(26)27/h6-9,11,20H,4-5,16H2,1-3H3,(H,17,25)(H,18,23)(H,19,24)(H,21,22)(H,26,27). The number of hydrogen-bond acceptors (Lipinski definition) is 7. The summed E-state index contributed by atoms with van der Waals surface area (Å²) in [5, 5.41) is 33.0. The molecule has 0 heterocycles. The van der Waals surface area contributed by atoms with Crippen LogP contribution in [0.5, 0.6) is 0 Å². The molecule has 12 heteroatoms. The average molecular weight is 390 g/mol. The van der Waals surface area contributed by atoms with Crippen LogP contribution < -0.4 is 21.7 Å². The number of carbonyl (C=O) groups excluding carboxylic acids is 3. The van der Waals surface area contributed by atoms with Crippen LogP contribution in [-0.2, 0) is 24.0 Å². The highest BCUT2D eigenvalue weighted by Gasteiger charge is 2.30. The van der Waals surface area contributed by atoms with E-state index in [2.05, 4.69) is 10.6 Å². The van der Waals surface area contributed by atoms with E-state index in [0.29, 0.717) is 0 Å². The quantitative estimate of drug-likeness (QED) is 0.191. The predicted molar refractivity (Wildman–Crippen MR) is 91.3 cm³/mol. The molecule has 0 aromatic heterocycles. The Morgan fingerprint density at radius 2 is 1.37 bits per heavy atom. The van der Waals surface area contributed by atoms with Gasteiger partial charge in [-0.3, -0.25) is 19.2 Å². The lowest BCUT2D eigenvalue weighted by molar-refractivity contribution is -0.144. The summed E-state index contributed by atoms with van der Waals surface area (Å²) in [5.74, 6) is -5.71. The fourth-order valence-electron chi connectivity index (χ4n) is 1.82. The van der Waals surface area contributed by atoms with E-state index in [4.69, 9.17) is 21.1 Å². The monoisotopic (exact) mass is 390 g/mol. The van der Waals surface area contributed by atoms with Gasteiger partial charge in [0.05, 0.1) is 19.1 Å².